The lowest BCUT2D eigenvalue weighted by Crippen LogP contribution is -2.41. The molecular weight excluding hydrogens is 296 g/mol. The van der Waals surface area contributed by atoms with E-state index >= 15 is 0 Å². The van der Waals surface area contributed by atoms with Crippen molar-refractivity contribution in [1.82, 2.24) is 0 Å². The zero-order valence-electron chi connectivity index (χ0n) is 14.6. The van der Waals surface area contributed by atoms with E-state index in [0.717, 1.165) is 6.42 Å². The first kappa shape index (κ1) is 18.7. The predicted octanol–water partition coefficient (Wildman–Crippen LogP) is 4.26. The summed E-state index contributed by atoms with van der Waals surface area (Å²) < 4.78 is 16.5. The predicted molar refractivity (Wildman–Crippen MR) is 91.0 cm³/mol. The fourth-order valence-electron chi connectivity index (χ4n) is 1.62. The topological polar surface area (TPSA) is 44.8 Å². The zero-order valence-corrected chi connectivity index (χ0v) is 15.6. The summed E-state index contributed by atoms with van der Waals surface area (Å²) in [5, 5.41) is 0.225. The summed E-state index contributed by atoms with van der Waals surface area (Å²) in [6.07, 6.45) is 0.828. The first-order chi connectivity index (χ1) is 10.2. The summed E-state index contributed by atoms with van der Waals surface area (Å²) in [6.45, 7) is 12.4. The first-order valence-corrected chi connectivity index (χ1v) is 10.5. The van der Waals surface area contributed by atoms with E-state index in [0.29, 0.717) is 24.5 Å². The van der Waals surface area contributed by atoms with Gasteiger partial charge in [0.1, 0.15) is 5.75 Å². The van der Waals surface area contributed by atoms with Gasteiger partial charge in [-0.05, 0) is 36.3 Å². The third-order valence-electron chi connectivity index (χ3n) is 4.08. The van der Waals surface area contributed by atoms with E-state index in [-0.39, 0.29) is 11.0 Å². The van der Waals surface area contributed by atoms with Crippen molar-refractivity contribution in [3.8, 4) is 5.75 Å². The summed E-state index contributed by atoms with van der Waals surface area (Å²) in [5.74, 6) is 0.321. The minimum atomic E-state index is -1.68. The van der Waals surface area contributed by atoms with Gasteiger partial charge in [0.15, 0.2) is 8.32 Å². The van der Waals surface area contributed by atoms with E-state index in [1.54, 1.807) is 18.2 Å². The van der Waals surface area contributed by atoms with Gasteiger partial charge in [0.2, 0.25) is 0 Å². The quantitative estimate of drug-likeness (QED) is 0.427. The molecule has 0 aliphatic carbocycles. The van der Waals surface area contributed by atoms with Crippen molar-refractivity contribution in [2.24, 2.45) is 0 Å². The highest BCUT2D eigenvalue weighted by molar-refractivity contribution is 6.74. The van der Waals surface area contributed by atoms with Gasteiger partial charge < -0.3 is 13.9 Å². The van der Waals surface area contributed by atoms with Crippen LogP contribution in [0.1, 0.15) is 37.6 Å². The lowest BCUT2D eigenvalue weighted by molar-refractivity contribution is 0.0600. The highest BCUT2D eigenvalue weighted by atomic mass is 28.4. The Morgan fingerprint density at radius 1 is 1.18 bits per heavy atom. The van der Waals surface area contributed by atoms with Gasteiger partial charge in [-0.25, -0.2) is 4.79 Å². The lowest BCUT2D eigenvalue weighted by atomic mass is 10.2. The maximum absolute atomic E-state index is 11.5. The van der Waals surface area contributed by atoms with Crippen LogP contribution in [0.15, 0.2) is 24.3 Å². The second kappa shape index (κ2) is 7.79. The molecule has 1 rings (SSSR count). The van der Waals surface area contributed by atoms with Gasteiger partial charge in [0, 0.05) is 13.0 Å². The van der Waals surface area contributed by atoms with Crippen LogP contribution in [0.2, 0.25) is 18.1 Å². The van der Waals surface area contributed by atoms with Crippen molar-refractivity contribution in [2.45, 2.75) is 45.3 Å². The van der Waals surface area contributed by atoms with Crippen LogP contribution in [0, 0.1) is 0 Å². The molecule has 0 radical (unpaired) electrons. The Labute approximate surface area is 134 Å². The normalized spacial score (nSPS) is 12.1. The summed E-state index contributed by atoms with van der Waals surface area (Å²) in [5.41, 5.74) is 0.498. The first-order valence-electron chi connectivity index (χ1n) is 7.62. The second-order valence-corrected chi connectivity index (χ2v) is 11.6. The largest absolute Gasteiger partial charge is 0.493 e. The molecule has 0 aliphatic heterocycles. The molecule has 124 valence electrons. The van der Waals surface area contributed by atoms with Crippen LogP contribution in [-0.2, 0) is 9.16 Å². The van der Waals surface area contributed by atoms with Crippen LogP contribution in [0.25, 0.3) is 0 Å². The monoisotopic (exact) mass is 324 g/mol. The number of ether oxygens (including phenoxy) is 2. The summed E-state index contributed by atoms with van der Waals surface area (Å²) in [6, 6.07) is 7.02. The van der Waals surface area contributed by atoms with Crippen LogP contribution in [0.4, 0.5) is 0 Å². The maximum Gasteiger partial charge on any atom is 0.337 e. The molecule has 0 N–H and O–H groups in total. The van der Waals surface area contributed by atoms with E-state index in [1.165, 1.54) is 7.11 Å². The molecular formula is C17H28O4Si. The molecule has 1 aromatic rings. The van der Waals surface area contributed by atoms with Crippen molar-refractivity contribution in [3.63, 3.8) is 0 Å². The van der Waals surface area contributed by atoms with E-state index in [9.17, 15) is 4.79 Å². The minimum Gasteiger partial charge on any atom is -0.493 e. The third-order valence-corrected chi connectivity index (χ3v) is 8.62. The van der Waals surface area contributed by atoms with Crippen molar-refractivity contribution in [3.05, 3.63) is 29.8 Å². The van der Waals surface area contributed by atoms with Gasteiger partial charge in [-0.1, -0.05) is 26.8 Å². The minimum absolute atomic E-state index is 0.225. The standard InChI is InChI=1S/C17H28O4Si/c1-17(2,3)22(5,6)21-12-8-11-20-15-10-7-9-14(13-15)16(18)19-4/h7,9-10,13H,8,11-12H2,1-6H3. The van der Waals surface area contributed by atoms with Crippen molar-refractivity contribution in [2.75, 3.05) is 20.3 Å². The molecule has 1 aromatic carbocycles. The molecule has 0 heterocycles. The number of esters is 1. The molecule has 0 atom stereocenters. The molecule has 4 nitrogen and oxygen atoms in total. The Morgan fingerprint density at radius 3 is 2.45 bits per heavy atom. The number of carbonyl (C=O) groups is 1. The molecule has 22 heavy (non-hydrogen) atoms. The number of hydrogen-bond acceptors (Lipinski definition) is 4. The van der Waals surface area contributed by atoms with Crippen LogP contribution < -0.4 is 4.74 Å². The van der Waals surface area contributed by atoms with E-state index in [4.69, 9.17) is 13.9 Å². The second-order valence-electron chi connectivity index (χ2n) is 6.83. The van der Waals surface area contributed by atoms with Crippen molar-refractivity contribution < 1.29 is 18.7 Å². The molecule has 5 heteroatoms. The Balaban J connectivity index is 2.38. The highest BCUT2D eigenvalue weighted by Crippen LogP contribution is 2.36. The Morgan fingerprint density at radius 2 is 1.86 bits per heavy atom. The van der Waals surface area contributed by atoms with Crippen molar-refractivity contribution in [1.29, 1.82) is 0 Å². The fraction of sp³-hybridized carbons (Fsp3) is 0.588. The molecule has 0 bridgehead atoms. The lowest BCUT2D eigenvalue weighted by Gasteiger charge is -2.36. The summed E-state index contributed by atoms with van der Waals surface area (Å²) in [4.78, 5) is 11.5. The number of methoxy groups -OCH3 is 1. The van der Waals surface area contributed by atoms with Crippen molar-refractivity contribution >= 4 is 14.3 Å². The zero-order chi connectivity index (χ0) is 16.8. The van der Waals surface area contributed by atoms with Gasteiger partial charge in [-0.3, -0.25) is 0 Å². The SMILES string of the molecule is COC(=O)c1cccc(OCCCO[Si](C)(C)C(C)(C)C)c1. The van der Waals surface area contributed by atoms with Gasteiger partial charge >= 0.3 is 5.97 Å². The molecule has 0 amide bonds. The average Bonchev–Trinajstić information content (AvgIpc) is 2.45. The molecule has 0 aliphatic rings. The molecule has 0 saturated carbocycles. The van der Waals surface area contributed by atoms with Gasteiger partial charge in [-0.15, -0.1) is 0 Å². The maximum atomic E-state index is 11.5. The molecule has 0 fully saturated rings. The molecule has 0 spiro atoms. The number of hydrogen-bond donors (Lipinski definition) is 0. The smallest absolute Gasteiger partial charge is 0.337 e. The average molecular weight is 324 g/mol. The van der Waals surface area contributed by atoms with Crippen LogP contribution >= 0.6 is 0 Å². The third kappa shape index (κ3) is 5.46. The van der Waals surface area contributed by atoms with E-state index < -0.39 is 8.32 Å². The molecule has 0 saturated heterocycles. The van der Waals surface area contributed by atoms with Gasteiger partial charge in [0.25, 0.3) is 0 Å². The summed E-state index contributed by atoms with van der Waals surface area (Å²) in [7, 11) is -0.311. The van der Waals surface area contributed by atoms with E-state index in [2.05, 4.69) is 33.9 Å². The van der Waals surface area contributed by atoms with Gasteiger partial charge in [0.05, 0.1) is 19.3 Å². The Bertz CT molecular complexity index is 492. The Kier molecular flexibility index (Phi) is 6.62. The van der Waals surface area contributed by atoms with Crippen LogP contribution in [-0.4, -0.2) is 34.6 Å². The fourth-order valence-corrected chi connectivity index (χ4v) is 2.71. The number of carbonyl (C=O) groups excluding carboxylic acids is 1. The number of rotatable bonds is 7. The summed E-state index contributed by atoms with van der Waals surface area (Å²) >= 11 is 0. The van der Waals surface area contributed by atoms with E-state index in [1.807, 2.05) is 6.07 Å². The van der Waals surface area contributed by atoms with Crippen LogP contribution in [0.3, 0.4) is 0 Å². The highest BCUT2D eigenvalue weighted by Gasteiger charge is 2.36. The van der Waals surface area contributed by atoms with Gasteiger partial charge in [-0.2, -0.15) is 0 Å². The van der Waals surface area contributed by atoms with Crippen LogP contribution in [0.5, 0.6) is 5.75 Å². The molecule has 0 aromatic heterocycles. The molecule has 0 unspecified atom stereocenters. The number of benzene rings is 1. The Hall–Kier alpha value is -1.33.